The van der Waals surface area contributed by atoms with E-state index in [-0.39, 0.29) is 37.5 Å². The van der Waals surface area contributed by atoms with Crippen LogP contribution in [0, 0.1) is 11.3 Å². The number of carbonyl (C=O) groups is 1. The number of alkyl halides is 3. The van der Waals surface area contributed by atoms with Gasteiger partial charge < -0.3 is 10.6 Å². The molecule has 1 rings (SSSR count). The Balaban J connectivity index is 2.47. The van der Waals surface area contributed by atoms with Gasteiger partial charge in [-0.05, 0) is 11.6 Å². The Hall–Kier alpha value is -2.07. The highest BCUT2D eigenvalue weighted by atomic mass is 19.4. The third kappa shape index (κ3) is 5.28. The van der Waals surface area contributed by atoms with Crippen molar-refractivity contribution < 1.29 is 18.0 Å². The Morgan fingerprint density at radius 1 is 1.30 bits per heavy atom. The SMILES string of the molecule is N#CCCNC(=O)CNCc1ccccc1C(F)(F)F. The number of carbonyl (C=O) groups excluding carboxylic acids is 1. The molecule has 2 N–H and O–H groups in total. The number of nitrogens with zero attached hydrogens (tertiary/aromatic N) is 1. The Bertz CT molecular complexity index is 494. The van der Waals surface area contributed by atoms with E-state index in [9.17, 15) is 18.0 Å². The lowest BCUT2D eigenvalue weighted by Crippen LogP contribution is -2.34. The summed E-state index contributed by atoms with van der Waals surface area (Å²) in [6.07, 6.45) is -4.21. The predicted molar refractivity (Wildman–Crippen MR) is 66.4 cm³/mol. The molecule has 1 aromatic rings. The molecule has 0 aromatic heterocycles. The first-order valence-electron chi connectivity index (χ1n) is 5.94. The predicted octanol–water partition coefficient (Wildman–Crippen LogP) is 1.82. The minimum atomic E-state index is -4.41. The van der Waals surface area contributed by atoms with E-state index in [1.165, 1.54) is 18.2 Å². The molecule has 0 saturated heterocycles. The molecule has 0 saturated carbocycles. The van der Waals surface area contributed by atoms with Gasteiger partial charge in [-0.3, -0.25) is 4.79 Å². The van der Waals surface area contributed by atoms with Crippen LogP contribution in [0.25, 0.3) is 0 Å². The zero-order chi connectivity index (χ0) is 15.0. The number of halogens is 3. The van der Waals surface area contributed by atoms with E-state index in [1.54, 1.807) is 0 Å². The van der Waals surface area contributed by atoms with Gasteiger partial charge in [-0.15, -0.1) is 0 Å². The summed E-state index contributed by atoms with van der Waals surface area (Å²) in [5.41, 5.74) is -0.623. The van der Waals surface area contributed by atoms with Gasteiger partial charge in [-0.2, -0.15) is 18.4 Å². The van der Waals surface area contributed by atoms with Crippen molar-refractivity contribution in [2.24, 2.45) is 0 Å². The molecule has 1 aromatic carbocycles. The summed E-state index contributed by atoms with van der Waals surface area (Å²) < 4.78 is 38.1. The van der Waals surface area contributed by atoms with E-state index in [4.69, 9.17) is 5.26 Å². The molecule has 0 radical (unpaired) electrons. The van der Waals surface area contributed by atoms with Crippen molar-refractivity contribution >= 4 is 5.91 Å². The van der Waals surface area contributed by atoms with Crippen molar-refractivity contribution in [3.63, 3.8) is 0 Å². The molecule has 0 fully saturated rings. The molecule has 1 amide bonds. The number of amides is 1. The minimum absolute atomic E-state index is 0.0542. The molecule has 108 valence electrons. The van der Waals surface area contributed by atoms with Gasteiger partial charge in [-0.25, -0.2) is 0 Å². The maximum absolute atomic E-state index is 12.7. The van der Waals surface area contributed by atoms with Gasteiger partial charge in [0.15, 0.2) is 0 Å². The van der Waals surface area contributed by atoms with Gasteiger partial charge in [-0.1, -0.05) is 18.2 Å². The first-order chi connectivity index (χ1) is 9.45. The van der Waals surface area contributed by atoms with Crippen molar-refractivity contribution in [3.8, 4) is 6.07 Å². The second-order valence-corrected chi connectivity index (χ2v) is 4.02. The normalized spacial score (nSPS) is 10.9. The fourth-order valence-corrected chi connectivity index (χ4v) is 1.58. The van der Waals surface area contributed by atoms with Crippen LogP contribution in [0.2, 0.25) is 0 Å². The van der Waals surface area contributed by atoms with Crippen LogP contribution >= 0.6 is 0 Å². The maximum atomic E-state index is 12.7. The van der Waals surface area contributed by atoms with Crippen molar-refractivity contribution in [1.82, 2.24) is 10.6 Å². The molecule has 7 heteroatoms. The standard InChI is InChI=1S/C13H14F3N3O/c14-13(15,16)11-5-2-1-4-10(11)8-18-9-12(20)19-7-3-6-17/h1-2,4-5,18H,3,7-9H2,(H,19,20). The summed E-state index contributed by atoms with van der Waals surface area (Å²) in [5, 5.41) is 13.4. The lowest BCUT2D eigenvalue weighted by Gasteiger charge is -2.13. The summed E-state index contributed by atoms with van der Waals surface area (Å²) in [5.74, 6) is -0.357. The molecule has 0 unspecified atom stereocenters. The van der Waals surface area contributed by atoms with E-state index >= 15 is 0 Å². The number of benzene rings is 1. The highest BCUT2D eigenvalue weighted by Crippen LogP contribution is 2.31. The molecule has 0 heterocycles. The number of hydrogen-bond acceptors (Lipinski definition) is 3. The molecular weight excluding hydrogens is 271 g/mol. The lowest BCUT2D eigenvalue weighted by molar-refractivity contribution is -0.138. The number of nitriles is 1. The van der Waals surface area contributed by atoms with E-state index in [0.29, 0.717) is 0 Å². The second-order valence-electron chi connectivity index (χ2n) is 4.02. The van der Waals surface area contributed by atoms with E-state index in [2.05, 4.69) is 10.6 Å². The van der Waals surface area contributed by atoms with Gasteiger partial charge in [0.25, 0.3) is 0 Å². The van der Waals surface area contributed by atoms with Crippen molar-refractivity contribution in [3.05, 3.63) is 35.4 Å². The number of nitrogens with one attached hydrogen (secondary N) is 2. The smallest absolute Gasteiger partial charge is 0.354 e. The number of hydrogen-bond donors (Lipinski definition) is 2. The van der Waals surface area contributed by atoms with Gasteiger partial charge in [0.05, 0.1) is 24.6 Å². The van der Waals surface area contributed by atoms with Crippen LogP contribution in [0.15, 0.2) is 24.3 Å². The summed E-state index contributed by atoms with van der Waals surface area (Å²) in [4.78, 5) is 11.3. The van der Waals surface area contributed by atoms with Gasteiger partial charge >= 0.3 is 6.18 Å². The van der Waals surface area contributed by atoms with Gasteiger partial charge in [0, 0.05) is 13.1 Å². The fourth-order valence-electron chi connectivity index (χ4n) is 1.58. The minimum Gasteiger partial charge on any atom is -0.354 e. The summed E-state index contributed by atoms with van der Waals surface area (Å²) in [6, 6.07) is 7.07. The third-order valence-electron chi connectivity index (χ3n) is 2.48. The molecule has 4 nitrogen and oxygen atoms in total. The van der Waals surface area contributed by atoms with Crippen LogP contribution < -0.4 is 10.6 Å². The van der Waals surface area contributed by atoms with Crippen LogP contribution in [0.4, 0.5) is 13.2 Å². The Morgan fingerprint density at radius 3 is 2.65 bits per heavy atom. The lowest BCUT2D eigenvalue weighted by atomic mass is 10.1. The second kappa shape index (κ2) is 7.50. The van der Waals surface area contributed by atoms with Gasteiger partial charge in [0.2, 0.25) is 5.91 Å². The van der Waals surface area contributed by atoms with Crippen LogP contribution in [0.3, 0.4) is 0 Å². The quantitative estimate of drug-likeness (QED) is 0.784. The molecule has 0 spiro atoms. The van der Waals surface area contributed by atoms with Crippen LogP contribution in [0.5, 0.6) is 0 Å². The average molecular weight is 285 g/mol. The van der Waals surface area contributed by atoms with Gasteiger partial charge in [0.1, 0.15) is 0 Å². The third-order valence-corrected chi connectivity index (χ3v) is 2.48. The summed E-state index contributed by atoms with van der Waals surface area (Å²) >= 11 is 0. The molecule has 0 aliphatic heterocycles. The first kappa shape index (κ1) is 16.0. The average Bonchev–Trinajstić information content (AvgIpc) is 2.38. The largest absolute Gasteiger partial charge is 0.416 e. The van der Waals surface area contributed by atoms with Crippen molar-refractivity contribution in [2.75, 3.05) is 13.1 Å². The van der Waals surface area contributed by atoms with Crippen molar-refractivity contribution in [1.29, 1.82) is 5.26 Å². The summed E-state index contributed by atoms with van der Waals surface area (Å²) in [6.45, 7) is 0.0785. The Labute approximate surface area is 114 Å². The fraction of sp³-hybridized carbons (Fsp3) is 0.385. The van der Waals surface area contributed by atoms with Crippen LogP contribution in [0.1, 0.15) is 17.5 Å². The topological polar surface area (TPSA) is 64.9 Å². The molecule has 0 aliphatic carbocycles. The van der Waals surface area contributed by atoms with E-state index in [0.717, 1.165) is 6.07 Å². The van der Waals surface area contributed by atoms with E-state index < -0.39 is 11.7 Å². The zero-order valence-electron chi connectivity index (χ0n) is 10.6. The highest BCUT2D eigenvalue weighted by molar-refractivity contribution is 5.77. The maximum Gasteiger partial charge on any atom is 0.416 e. The molecule has 0 bridgehead atoms. The van der Waals surface area contributed by atoms with E-state index in [1.807, 2.05) is 6.07 Å². The Morgan fingerprint density at radius 2 is 2.00 bits per heavy atom. The molecule has 0 atom stereocenters. The monoisotopic (exact) mass is 285 g/mol. The molecule has 0 aliphatic rings. The van der Waals surface area contributed by atoms with Crippen LogP contribution in [-0.2, 0) is 17.5 Å². The zero-order valence-corrected chi connectivity index (χ0v) is 10.6. The highest BCUT2D eigenvalue weighted by Gasteiger charge is 2.32. The van der Waals surface area contributed by atoms with Crippen molar-refractivity contribution in [2.45, 2.75) is 19.1 Å². The molecule has 20 heavy (non-hydrogen) atoms. The summed E-state index contributed by atoms with van der Waals surface area (Å²) in [7, 11) is 0. The van der Waals surface area contributed by atoms with Crippen LogP contribution in [-0.4, -0.2) is 19.0 Å². The Kier molecular flexibility index (Phi) is 6.00. The number of rotatable bonds is 6. The first-order valence-corrected chi connectivity index (χ1v) is 5.94. The molecular formula is C13H14F3N3O.